The molecule has 1 saturated heterocycles. The summed E-state index contributed by atoms with van der Waals surface area (Å²) in [5.41, 5.74) is 0. The number of hydrogen-bond acceptors (Lipinski definition) is 2. The first-order chi connectivity index (χ1) is 7.65. The SMILES string of the molecule is CCCCCN1CC(C(C)C)NCCC1C. The van der Waals surface area contributed by atoms with Crippen molar-refractivity contribution in [3.63, 3.8) is 0 Å². The standard InChI is InChI=1S/C14H30N2/c1-5-6-7-10-16-11-14(12(2)3)15-9-8-13(16)4/h12-15H,5-11H2,1-4H3. The highest BCUT2D eigenvalue weighted by atomic mass is 15.2. The van der Waals surface area contributed by atoms with Crippen LogP contribution in [0.1, 0.15) is 53.4 Å². The second kappa shape index (κ2) is 7.29. The molecule has 0 bridgehead atoms. The number of nitrogens with one attached hydrogen (secondary N) is 1. The van der Waals surface area contributed by atoms with Gasteiger partial charge in [0.1, 0.15) is 0 Å². The van der Waals surface area contributed by atoms with Crippen LogP contribution in [0.5, 0.6) is 0 Å². The average Bonchev–Trinajstić information content (AvgIpc) is 2.42. The van der Waals surface area contributed by atoms with E-state index in [4.69, 9.17) is 0 Å². The van der Waals surface area contributed by atoms with E-state index < -0.39 is 0 Å². The normalized spacial score (nSPS) is 28.3. The van der Waals surface area contributed by atoms with E-state index in [1.54, 1.807) is 0 Å². The number of hydrogen-bond donors (Lipinski definition) is 1. The first-order valence-corrected chi connectivity index (χ1v) is 7.12. The summed E-state index contributed by atoms with van der Waals surface area (Å²) in [6, 6.07) is 1.44. The van der Waals surface area contributed by atoms with Crippen LogP contribution in [0.15, 0.2) is 0 Å². The van der Waals surface area contributed by atoms with Gasteiger partial charge in [-0.1, -0.05) is 33.6 Å². The summed E-state index contributed by atoms with van der Waals surface area (Å²) in [6.45, 7) is 13.0. The van der Waals surface area contributed by atoms with Gasteiger partial charge in [0.05, 0.1) is 0 Å². The van der Waals surface area contributed by atoms with Gasteiger partial charge in [0.15, 0.2) is 0 Å². The molecule has 2 heteroatoms. The highest BCUT2D eigenvalue weighted by molar-refractivity contribution is 4.82. The Morgan fingerprint density at radius 3 is 2.69 bits per heavy atom. The van der Waals surface area contributed by atoms with E-state index in [-0.39, 0.29) is 0 Å². The van der Waals surface area contributed by atoms with Crippen LogP contribution in [0.25, 0.3) is 0 Å². The molecule has 1 aliphatic rings. The van der Waals surface area contributed by atoms with Crippen LogP contribution in [0, 0.1) is 5.92 Å². The molecule has 1 heterocycles. The molecule has 0 aromatic rings. The van der Waals surface area contributed by atoms with Crippen molar-refractivity contribution in [3.05, 3.63) is 0 Å². The van der Waals surface area contributed by atoms with Crippen LogP contribution >= 0.6 is 0 Å². The minimum Gasteiger partial charge on any atom is -0.312 e. The smallest absolute Gasteiger partial charge is 0.0218 e. The Kier molecular flexibility index (Phi) is 6.37. The minimum atomic E-state index is 0.687. The van der Waals surface area contributed by atoms with Gasteiger partial charge < -0.3 is 5.32 Å². The molecule has 16 heavy (non-hydrogen) atoms. The molecule has 0 radical (unpaired) electrons. The monoisotopic (exact) mass is 226 g/mol. The maximum Gasteiger partial charge on any atom is 0.0218 e. The summed E-state index contributed by atoms with van der Waals surface area (Å²) in [4.78, 5) is 2.69. The lowest BCUT2D eigenvalue weighted by molar-refractivity contribution is 0.189. The molecular formula is C14H30N2. The highest BCUT2D eigenvalue weighted by Gasteiger charge is 2.23. The molecule has 0 aromatic carbocycles. The first-order valence-electron chi connectivity index (χ1n) is 7.12. The van der Waals surface area contributed by atoms with Crippen molar-refractivity contribution < 1.29 is 0 Å². The largest absolute Gasteiger partial charge is 0.312 e. The van der Waals surface area contributed by atoms with E-state index in [0.717, 1.165) is 12.0 Å². The van der Waals surface area contributed by atoms with E-state index in [0.29, 0.717) is 6.04 Å². The molecule has 0 aliphatic carbocycles. The molecule has 2 unspecified atom stereocenters. The zero-order valence-electron chi connectivity index (χ0n) is 11.6. The Morgan fingerprint density at radius 2 is 2.06 bits per heavy atom. The van der Waals surface area contributed by atoms with Crippen molar-refractivity contribution in [2.24, 2.45) is 5.92 Å². The average molecular weight is 226 g/mol. The maximum absolute atomic E-state index is 3.69. The summed E-state index contributed by atoms with van der Waals surface area (Å²) in [5.74, 6) is 0.749. The molecule has 0 amide bonds. The predicted octanol–water partition coefficient (Wildman–Crippen LogP) is 2.89. The zero-order valence-corrected chi connectivity index (χ0v) is 11.6. The quantitative estimate of drug-likeness (QED) is 0.725. The third-order valence-electron chi connectivity index (χ3n) is 3.88. The lowest BCUT2D eigenvalue weighted by Gasteiger charge is -2.30. The topological polar surface area (TPSA) is 15.3 Å². The zero-order chi connectivity index (χ0) is 12.0. The predicted molar refractivity (Wildman–Crippen MR) is 71.8 cm³/mol. The van der Waals surface area contributed by atoms with Crippen molar-refractivity contribution >= 4 is 0 Å². The van der Waals surface area contributed by atoms with Gasteiger partial charge in [0, 0.05) is 18.6 Å². The lowest BCUT2D eigenvalue weighted by atomic mass is 10.0. The van der Waals surface area contributed by atoms with E-state index in [9.17, 15) is 0 Å². The summed E-state index contributed by atoms with van der Waals surface area (Å²) in [5, 5.41) is 3.69. The van der Waals surface area contributed by atoms with Crippen LogP contribution < -0.4 is 5.32 Å². The fraction of sp³-hybridized carbons (Fsp3) is 1.00. The second-order valence-electron chi connectivity index (χ2n) is 5.64. The number of nitrogens with zero attached hydrogens (tertiary/aromatic N) is 1. The Morgan fingerprint density at radius 1 is 1.31 bits per heavy atom. The van der Waals surface area contributed by atoms with Gasteiger partial charge in [-0.25, -0.2) is 0 Å². The molecule has 0 aromatic heterocycles. The first kappa shape index (κ1) is 14.0. The molecule has 1 aliphatic heterocycles. The van der Waals surface area contributed by atoms with Crippen molar-refractivity contribution in [3.8, 4) is 0 Å². The van der Waals surface area contributed by atoms with Crippen LogP contribution in [0.3, 0.4) is 0 Å². The van der Waals surface area contributed by atoms with Crippen molar-refractivity contribution in [1.29, 1.82) is 0 Å². The molecule has 1 fully saturated rings. The van der Waals surface area contributed by atoms with Gasteiger partial charge in [-0.2, -0.15) is 0 Å². The Bertz CT molecular complexity index is 180. The third kappa shape index (κ3) is 4.42. The van der Waals surface area contributed by atoms with Crippen LogP contribution in [-0.4, -0.2) is 36.6 Å². The Hall–Kier alpha value is -0.0800. The second-order valence-corrected chi connectivity index (χ2v) is 5.64. The van der Waals surface area contributed by atoms with Gasteiger partial charge in [0.25, 0.3) is 0 Å². The van der Waals surface area contributed by atoms with Crippen molar-refractivity contribution in [2.75, 3.05) is 19.6 Å². The number of unbranched alkanes of at least 4 members (excludes halogenated alkanes) is 2. The van der Waals surface area contributed by atoms with E-state index in [2.05, 4.69) is 37.9 Å². The fourth-order valence-electron chi connectivity index (χ4n) is 2.48. The third-order valence-corrected chi connectivity index (χ3v) is 3.88. The molecular weight excluding hydrogens is 196 g/mol. The molecule has 0 saturated carbocycles. The van der Waals surface area contributed by atoms with Crippen LogP contribution in [0.2, 0.25) is 0 Å². The summed E-state index contributed by atoms with van der Waals surface area (Å²) >= 11 is 0. The minimum absolute atomic E-state index is 0.687. The molecule has 0 spiro atoms. The van der Waals surface area contributed by atoms with Gasteiger partial charge in [-0.3, -0.25) is 4.90 Å². The van der Waals surface area contributed by atoms with E-state index in [1.807, 2.05) is 0 Å². The fourth-order valence-corrected chi connectivity index (χ4v) is 2.48. The Balaban J connectivity index is 2.43. The van der Waals surface area contributed by atoms with Gasteiger partial charge in [0.2, 0.25) is 0 Å². The summed E-state index contributed by atoms with van der Waals surface area (Å²) < 4.78 is 0. The van der Waals surface area contributed by atoms with Gasteiger partial charge >= 0.3 is 0 Å². The molecule has 2 atom stereocenters. The highest BCUT2D eigenvalue weighted by Crippen LogP contribution is 2.14. The van der Waals surface area contributed by atoms with Crippen LogP contribution in [-0.2, 0) is 0 Å². The number of rotatable bonds is 5. The van der Waals surface area contributed by atoms with Crippen LogP contribution in [0.4, 0.5) is 0 Å². The molecule has 96 valence electrons. The molecule has 1 N–H and O–H groups in total. The van der Waals surface area contributed by atoms with Crippen molar-refractivity contribution in [2.45, 2.75) is 65.5 Å². The van der Waals surface area contributed by atoms with Gasteiger partial charge in [-0.15, -0.1) is 0 Å². The summed E-state index contributed by atoms with van der Waals surface area (Å²) in [6.07, 6.45) is 5.37. The Labute approximate surface area is 102 Å². The summed E-state index contributed by atoms with van der Waals surface area (Å²) in [7, 11) is 0. The lowest BCUT2D eigenvalue weighted by Crippen LogP contribution is -2.43. The van der Waals surface area contributed by atoms with Crippen molar-refractivity contribution in [1.82, 2.24) is 10.2 Å². The maximum atomic E-state index is 3.69. The van der Waals surface area contributed by atoms with Gasteiger partial charge in [-0.05, 0) is 38.8 Å². The molecule has 2 nitrogen and oxygen atoms in total. The van der Waals surface area contributed by atoms with E-state index in [1.165, 1.54) is 45.3 Å². The van der Waals surface area contributed by atoms with E-state index >= 15 is 0 Å². The molecule has 1 rings (SSSR count).